The second-order valence-corrected chi connectivity index (χ2v) is 8.94. The molecule has 3 rings (SSSR count). The zero-order valence-corrected chi connectivity index (χ0v) is 13.6. The van der Waals surface area contributed by atoms with Gasteiger partial charge in [0.15, 0.2) is 0 Å². The third-order valence-corrected chi connectivity index (χ3v) is 7.41. The molecule has 1 heteroatoms. The van der Waals surface area contributed by atoms with Crippen molar-refractivity contribution in [3.63, 3.8) is 0 Å². The molecule has 1 N–H and O–H groups in total. The summed E-state index contributed by atoms with van der Waals surface area (Å²) in [6, 6.07) is 1.57. The van der Waals surface area contributed by atoms with E-state index in [9.17, 15) is 0 Å². The molecular weight excluding hydrogens is 230 g/mol. The van der Waals surface area contributed by atoms with Crippen molar-refractivity contribution in [1.29, 1.82) is 0 Å². The summed E-state index contributed by atoms with van der Waals surface area (Å²) >= 11 is 0. The Hall–Kier alpha value is -0.0400. The SMILES string of the molecule is CC1CC(C)CC(NC2CC3CCC2(C)C3(C)C)C1. The maximum absolute atomic E-state index is 4.11. The molecular formula is C18H33N. The molecule has 0 aromatic heterocycles. The van der Waals surface area contributed by atoms with E-state index >= 15 is 0 Å². The molecule has 0 radical (unpaired) electrons. The smallest absolute Gasteiger partial charge is 0.0131 e. The minimum atomic E-state index is 0.543. The Balaban J connectivity index is 1.68. The van der Waals surface area contributed by atoms with E-state index in [1.54, 1.807) is 0 Å². The summed E-state index contributed by atoms with van der Waals surface area (Å²) in [6.45, 7) is 12.5. The highest BCUT2D eigenvalue weighted by atomic mass is 15.0. The lowest BCUT2D eigenvalue weighted by molar-refractivity contribution is 0.104. The standard InChI is InChI=1S/C18H33N/c1-12-8-13(2)10-15(9-12)19-16-11-14-6-7-18(16,5)17(14,3)4/h12-16,19H,6-11H2,1-5H3. The molecule has 0 heterocycles. The molecule has 5 atom stereocenters. The number of nitrogens with one attached hydrogen (secondary N) is 1. The van der Waals surface area contributed by atoms with E-state index in [0.29, 0.717) is 10.8 Å². The number of rotatable bonds is 2. The summed E-state index contributed by atoms with van der Waals surface area (Å²) < 4.78 is 0. The molecule has 110 valence electrons. The molecule has 0 saturated heterocycles. The van der Waals surface area contributed by atoms with Gasteiger partial charge in [0, 0.05) is 12.1 Å². The van der Waals surface area contributed by atoms with Crippen LogP contribution in [0.5, 0.6) is 0 Å². The fraction of sp³-hybridized carbons (Fsp3) is 1.00. The van der Waals surface area contributed by atoms with Gasteiger partial charge < -0.3 is 5.32 Å². The highest BCUT2D eigenvalue weighted by Crippen LogP contribution is 2.65. The highest BCUT2D eigenvalue weighted by Gasteiger charge is 2.61. The second kappa shape index (κ2) is 4.48. The molecule has 0 aliphatic heterocycles. The van der Waals surface area contributed by atoms with Crippen LogP contribution in [0.1, 0.15) is 73.1 Å². The molecule has 2 bridgehead atoms. The Morgan fingerprint density at radius 2 is 1.53 bits per heavy atom. The van der Waals surface area contributed by atoms with E-state index in [4.69, 9.17) is 0 Å². The average Bonchev–Trinajstić information content (AvgIpc) is 2.60. The monoisotopic (exact) mass is 263 g/mol. The number of hydrogen-bond acceptors (Lipinski definition) is 1. The average molecular weight is 263 g/mol. The molecule has 3 fully saturated rings. The fourth-order valence-electron chi connectivity index (χ4n) is 5.82. The molecule has 3 aliphatic rings. The largest absolute Gasteiger partial charge is 0.311 e. The summed E-state index contributed by atoms with van der Waals surface area (Å²) in [5.41, 5.74) is 1.10. The summed E-state index contributed by atoms with van der Waals surface area (Å²) in [5, 5.41) is 4.11. The Morgan fingerprint density at radius 3 is 2.00 bits per heavy atom. The molecule has 0 spiro atoms. The Labute approximate surface area is 119 Å². The quantitative estimate of drug-likeness (QED) is 0.767. The van der Waals surface area contributed by atoms with Crippen molar-refractivity contribution in [2.75, 3.05) is 0 Å². The lowest BCUT2D eigenvalue weighted by Crippen LogP contribution is -2.50. The Bertz CT molecular complexity index is 338. The predicted octanol–water partition coefficient (Wildman–Crippen LogP) is 4.62. The lowest BCUT2D eigenvalue weighted by Gasteiger charge is -2.43. The van der Waals surface area contributed by atoms with Crippen LogP contribution in [0.25, 0.3) is 0 Å². The first-order valence-electron chi connectivity index (χ1n) is 8.59. The van der Waals surface area contributed by atoms with Crippen LogP contribution in [0.4, 0.5) is 0 Å². The van der Waals surface area contributed by atoms with Crippen LogP contribution in [-0.2, 0) is 0 Å². The zero-order valence-electron chi connectivity index (χ0n) is 13.6. The third kappa shape index (κ3) is 2.07. The van der Waals surface area contributed by atoms with Gasteiger partial charge in [-0.1, -0.05) is 34.6 Å². The first-order chi connectivity index (χ1) is 8.83. The summed E-state index contributed by atoms with van der Waals surface area (Å²) in [4.78, 5) is 0. The second-order valence-electron chi connectivity index (χ2n) is 8.94. The van der Waals surface area contributed by atoms with Crippen molar-refractivity contribution in [3.8, 4) is 0 Å². The van der Waals surface area contributed by atoms with Crippen molar-refractivity contribution in [2.24, 2.45) is 28.6 Å². The van der Waals surface area contributed by atoms with Crippen LogP contribution in [-0.4, -0.2) is 12.1 Å². The Kier molecular flexibility index (Phi) is 3.28. The van der Waals surface area contributed by atoms with Gasteiger partial charge in [-0.2, -0.15) is 0 Å². The molecule has 0 aromatic carbocycles. The molecule has 1 nitrogen and oxygen atoms in total. The van der Waals surface area contributed by atoms with Crippen molar-refractivity contribution in [3.05, 3.63) is 0 Å². The van der Waals surface area contributed by atoms with Gasteiger partial charge in [0.25, 0.3) is 0 Å². The Morgan fingerprint density at radius 1 is 0.895 bits per heavy atom. The van der Waals surface area contributed by atoms with Crippen molar-refractivity contribution < 1.29 is 0 Å². The number of hydrogen-bond donors (Lipinski definition) is 1. The van der Waals surface area contributed by atoms with Gasteiger partial charge in [0.05, 0.1) is 0 Å². The maximum atomic E-state index is 4.11. The summed E-state index contributed by atoms with van der Waals surface area (Å²) in [7, 11) is 0. The van der Waals surface area contributed by atoms with Crippen molar-refractivity contribution >= 4 is 0 Å². The van der Waals surface area contributed by atoms with E-state index < -0.39 is 0 Å². The molecule has 3 aliphatic carbocycles. The minimum Gasteiger partial charge on any atom is -0.311 e. The zero-order chi connectivity index (χ0) is 13.8. The molecule has 19 heavy (non-hydrogen) atoms. The van der Waals surface area contributed by atoms with E-state index in [1.807, 2.05) is 0 Å². The molecule has 5 unspecified atom stereocenters. The number of fused-ring (bicyclic) bond motifs is 2. The van der Waals surface area contributed by atoms with Gasteiger partial charge >= 0.3 is 0 Å². The van der Waals surface area contributed by atoms with Crippen LogP contribution < -0.4 is 5.32 Å². The highest BCUT2D eigenvalue weighted by molar-refractivity contribution is 5.13. The van der Waals surface area contributed by atoms with Gasteiger partial charge in [-0.15, -0.1) is 0 Å². The van der Waals surface area contributed by atoms with Gasteiger partial charge in [-0.25, -0.2) is 0 Å². The van der Waals surface area contributed by atoms with Gasteiger partial charge in [-0.05, 0) is 67.1 Å². The maximum Gasteiger partial charge on any atom is 0.0131 e. The summed E-state index contributed by atoms with van der Waals surface area (Å²) in [6.07, 6.45) is 8.60. The summed E-state index contributed by atoms with van der Waals surface area (Å²) in [5.74, 6) is 2.80. The molecule has 0 aromatic rings. The van der Waals surface area contributed by atoms with Crippen LogP contribution in [0.3, 0.4) is 0 Å². The van der Waals surface area contributed by atoms with Gasteiger partial charge in [0.1, 0.15) is 0 Å². The van der Waals surface area contributed by atoms with Crippen LogP contribution in [0.15, 0.2) is 0 Å². The topological polar surface area (TPSA) is 12.0 Å². The van der Waals surface area contributed by atoms with Crippen molar-refractivity contribution in [1.82, 2.24) is 5.32 Å². The first kappa shape index (κ1) is 13.9. The van der Waals surface area contributed by atoms with Crippen molar-refractivity contribution in [2.45, 2.75) is 85.2 Å². The van der Waals surface area contributed by atoms with Crippen LogP contribution in [0, 0.1) is 28.6 Å². The first-order valence-corrected chi connectivity index (χ1v) is 8.59. The van der Waals surface area contributed by atoms with E-state index in [1.165, 1.54) is 38.5 Å². The van der Waals surface area contributed by atoms with Crippen LogP contribution >= 0.6 is 0 Å². The normalized spacial score (nSPS) is 52.6. The van der Waals surface area contributed by atoms with Crippen LogP contribution in [0.2, 0.25) is 0 Å². The molecule has 3 saturated carbocycles. The fourth-order valence-corrected chi connectivity index (χ4v) is 5.82. The predicted molar refractivity (Wildman–Crippen MR) is 82.1 cm³/mol. The lowest BCUT2D eigenvalue weighted by atomic mass is 9.68. The third-order valence-electron chi connectivity index (χ3n) is 7.41. The van der Waals surface area contributed by atoms with E-state index in [0.717, 1.165) is 29.8 Å². The van der Waals surface area contributed by atoms with Gasteiger partial charge in [-0.3, -0.25) is 0 Å². The molecule has 0 amide bonds. The minimum absolute atomic E-state index is 0.543. The van der Waals surface area contributed by atoms with E-state index in [2.05, 4.69) is 39.9 Å². The van der Waals surface area contributed by atoms with E-state index in [-0.39, 0.29) is 0 Å². The van der Waals surface area contributed by atoms with Gasteiger partial charge in [0.2, 0.25) is 0 Å².